The highest BCUT2D eigenvalue weighted by atomic mass is 16.5. The molecule has 0 saturated heterocycles. The summed E-state index contributed by atoms with van der Waals surface area (Å²) in [6.45, 7) is 7.69. The lowest BCUT2D eigenvalue weighted by Crippen LogP contribution is -2.56. The molecule has 2 heteroatoms. The zero-order chi connectivity index (χ0) is 13.9. The van der Waals surface area contributed by atoms with E-state index in [1.807, 2.05) is 0 Å². The van der Waals surface area contributed by atoms with Crippen molar-refractivity contribution < 1.29 is 4.74 Å². The Bertz CT molecular complexity index is 271. The second-order valence-electron chi connectivity index (χ2n) is 7.59. The van der Waals surface area contributed by atoms with Crippen LogP contribution < -0.4 is 5.73 Å². The molecule has 112 valence electrons. The zero-order valence-corrected chi connectivity index (χ0v) is 13.2. The smallest absolute Gasteiger partial charge is 0.0835 e. The normalized spacial score (nSPS) is 29.1. The molecule has 0 spiro atoms. The Kier molecular flexibility index (Phi) is 4.94. The molecule has 2 aliphatic carbocycles. The monoisotopic (exact) mass is 267 g/mol. The van der Waals surface area contributed by atoms with Crippen molar-refractivity contribution in [1.29, 1.82) is 0 Å². The first kappa shape index (κ1) is 15.3. The molecule has 0 aromatic rings. The summed E-state index contributed by atoms with van der Waals surface area (Å²) in [5, 5.41) is 0. The van der Waals surface area contributed by atoms with Gasteiger partial charge in [-0.05, 0) is 56.8 Å². The van der Waals surface area contributed by atoms with Gasteiger partial charge >= 0.3 is 0 Å². The van der Waals surface area contributed by atoms with Gasteiger partial charge in [-0.15, -0.1) is 0 Å². The highest BCUT2D eigenvalue weighted by molar-refractivity contribution is 5.00. The largest absolute Gasteiger partial charge is 0.374 e. The van der Waals surface area contributed by atoms with E-state index in [9.17, 15) is 0 Å². The predicted octanol–water partition coefficient (Wildman–Crippen LogP) is 4.27. The van der Waals surface area contributed by atoms with E-state index < -0.39 is 0 Å². The van der Waals surface area contributed by atoms with Gasteiger partial charge in [-0.25, -0.2) is 0 Å². The van der Waals surface area contributed by atoms with Crippen LogP contribution in [0.15, 0.2) is 0 Å². The molecule has 0 aliphatic heterocycles. The first-order chi connectivity index (χ1) is 8.99. The maximum Gasteiger partial charge on any atom is 0.0835 e. The number of rotatable bonds is 4. The van der Waals surface area contributed by atoms with Crippen LogP contribution in [0, 0.1) is 11.3 Å². The molecule has 2 aliphatic rings. The molecular weight excluding hydrogens is 234 g/mol. The summed E-state index contributed by atoms with van der Waals surface area (Å²) in [4.78, 5) is 0. The number of nitrogens with two attached hydrogens (primary N) is 1. The lowest BCUT2D eigenvalue weighted by atomic mass is 9.65. The molecule has 0 bridgehead atoms. The third-order valence-electron chi connectivity index (χ3n) is 5.65. The maximum absolute atomic E-state index is 6.71. The van der Waals surface area contributed by atoms with Crippen LogP contribution in [0.1, 0.15) is 78.6 Å². The summed E-state index contributed by atoms with van der Waals surface area (Å²) in [7, 11) is 0. The van der Waals surface area contributed by atoms with E-state index in [0.29, 0.717) is 11.3 Å². The molecule has 19 heavy (non-hydrogen) atoms. The molecule has 0 heterocycles. The highest BCUT2D eigenvalue weighted by Crippen LogP contribution is 2.46. The quantitative estimate of drug-likeness (QED) is 0.825. The van der Waals surface area contributed by atoms with Crippen molar-refractivity contribution in [3.8, 4) is 0 Å². The van der Waals surface area contributed by atoms with Gasteiger partial charge in [0.2, 0.25) is 0 Å². The van der Waals surface area contributed by atoms with Crippen molar-refractivity contribution in [3.05, 3.63) is 0 Å². The van der Waals surface area contributed by atoms with E-state index >= 15 is 0 Å². The first-order valence-corrected chi connectivity index (χ1v) is 8.39. The topological polar surface area (TPSA) is 35.2 Å². The summed E-state index contributed by atoms with van der Waals surface area (Å²) < 4.78 is 6.25. The molecule has 2 fully saturated rings. The molecule has 0 aromatic heterocycles. The Morgan fingerprint density at radius 2 is 1.63 bits per heavy atom. The van der Waals surface area contributed by atoms with Crippen LogP contribution in [-0.2, 0) is 4.74 Å². The van der Waals surface area contributed by atoms with Gasteiger partial charge in [-0.3, -0.25) is 0 Å². The Balaban J connectivity index is 2.05. The van der Waals surface area contributed by atoms with Crippen molar-refractivity contribution >= 4 is 0 Å². The standard InChI is InChI=1S/C17H33NO/c1-4-19-17(12-10-16(2,3)11-13-17)15(18)14-8-6-5-7-9-14/h14-15H,4-13,18H2,1-3H3. The van der Waals surface area contributed by atoms with Crippen molar-refractivity contribution in [2.24, 2.45) is 17.1 Å². The SMILES string of the molecule is CCOC1(C(N)C2CCCCC2)CCC(C)(C)CC1. The number of hydrogen-bond acceptors (Lipinski definition) is 2. The van der Waals surface area contributed by atoms with Crippen LogP contribution in [0.25, 0.3) is 0 Å². The van der Waals surface area contributed by atoms with Gasteiger partial charge in [0.05, 0.1) is 5.60 Å². The summed E-state index contributed by atoms with van der Waals surface area (Å²) in [5.74, 6) is 0.696. The van der Waals surface area contributed by atoms with Crippen LogP contribution in [0.5, 0.6) is 0 Å². The van der Waals surface area contributed by atoms with Gasteiger partial charge in [0.25, 0.3) is 0 Å². The third-order valence-corrected chi connectivity index (χ3v) is 5.65. The van der Waals surface area contributed by atoms with Crippen molar-refractivity contribution in [1.82, 2.24) is 0 Å². The molecule has 1 atom stereocenters. The Labute approximate surface area is 119 Å². The van der Waals surface area contributed by atoms with E-state index in [1.54, 1.807) is 0 Å². The van der Waals surface area contributed by atoms with Crippen molar-refractivity contribution in [3.63, 3.8) is 0 Å². The minimum Gasteiger partial charge on any atom is -0.374 e. The van der Waals surface area contributed by atoms with Gasteiger partial charge in [0, 0.05) is 12.6 Å². The number of hydrogen-bond donors (Lipinski definition) is 1. The van der Waals surface area contributed by atoms with E-state index in [-0.39, 0.29) is 11.6 Å². The van der Waals surface area contributed by atoms with Gasteiger partial charge in [-0.2, -0.15) is 0 Å². The lowest BCUT2D eigenvalue weighted by Gasteiger charge is -2.49. The molecule has 0 aromatic carbocycles. The first-order valence-electron chi connectivity index (χ1n) is 8.39. The maximum atomic E-state index is 6.71. The summed E-state index contributed by atoms with van der Waals surface area (Å²) >= 11 is 0. The fourth-order valence-corrected chi connectivity index (χ4v) is 4.13. The Morgan fingerprint density at radius 1 is 1.05 bits per heavy atom. The minimum atomic E-state index is -0.0216. The van der Waals surface area contributed by atoms with E-state index in [4.69, 9.17) is 10.5 Å². The fourth-order valence-electron chi connectivity index (χ4n) is 4.13. The van der Waals surface area contributed by atoms with E-state index in [0.717, 1.165) is 19.4 Å². The van der Waals surface area contributed by atoms with E-state index in [1.165, 1.54) is 44.9 Å². The molecule has 2 N–H and O–H groups in total. The van der Waals surface area contributed by atoms with Crippen molar-refractivity contribution in [2.45, 2.75) is 90.2 Å². The summed E-state index contributed by atoms with van der Waals surface area (Å²) in [6.07, 6.45) is 11.6. The zero-order valence-electron chi connectivity index (χ0n) is 13.2. The minimum absolute atomic E-state index is 0.0216. The highest BCUT2D eigenvalue weighted by Gasteiger charge is 2.45. The van der Waals surface area contributed by atoms with Gasteiger partial charge in [-0.1, -0.05) is 33.1 Å². The lowest BCUT2D eigenvalue weighted by molar-refractivity contribution is -0.112. The van der Waals surface area contributed by atoms with E-state index in [2.05, 4.69) is 20.8 Å². The molecule has 1 unspecified atom stereocenters. The molecular formula is C17H33NO. The van der Waals surface area contributed by atoms with Gasteiger partial charge < -0.3 is 10.5 Å². The van der Waals surface area contributed by atoms with Crippen molar-refractivity contribution in [2.75, 3.05) is 6.61 Å². The molecule has 2 saturated carbocycles. The molecule has 0 radical (unpaired) electrons. The average molecular weight is 267 g/mol. The molecule has 2 rings (SSSR count). The van der Waals surface area contributed by atoms with Crippen LogP contribution in [0.4, 0.5) is 0 Å². The number of ether oxygens (including phenoxy) is 1. The molecule has 2 nitrogen and oxygen atoms in total. The predicted molar refractivity (Wildman–Crippen MR) is 81.2 cm³/mol. The Morgan fingerprint density at radius 3 is 2.16 bits per heavy atom. The fraction of sp³-hybridized carbons (Fsp3) is 1.00. The van der Waals surface area contributed by atoms with Crippen LogP contribution >= 0.6 is 0 Å². The second kappa shape index (κ2) is 6.13. The second-order valence-corrected chi connectivity index (χ2v) is 7.59. The van der Waals surface area contributed by atoms with Gasteiger partial charge in [0.1, 0.15) is 0 Å². The van der Waals surface area contributed by atoms with Crippen LogP contribution in [0.3, 0.4) is 0 Å². The van der Waals surface area contributed by atoms with Gasteiger partial charge in [0.15, 0.2) is 0 Å². The van der Waals surface area contributed by atoms with Crippen LogP contribution in [0.2, 0.25) is 0 Å². The Hall–Kier alpha value is -0.0800. The average Bonchev–Trinajstić information content (AvgIpc) is 2.42. The summed E-state index contributed by atoms with van der Waals surface area (Å²) in [5.41, 5.74) is 7.17. The summed E-state index contributed by atoms with van der Waals surface area (Å²) in [6, 6.07) is 0.254. The third kappa shape index (κ3) is 3.52. The molecule has 0 amide bonds. The van der Waals surface area contributed by atoms with Crippen LogP contribution in [-0.4, -0.2) is 18.2 Å².